The number of thioether (sulfide) groups is 1. The first-order valence-corrected chi connectivity index (χ1v) is 11.7. The van der Waals surface area contributed by atoms with E-state index >= 15 is 0 Å². The molecule has 0 bridgehead atoms. The van der Waals surface area contributed by atoms with Gasteiger partial charge in [-0.1, -0.05) is 26.0 Å². The van der Waals surface area contributed by atoms with E-state index in [1.807, 2.05) is 37.4 Å². The van der Waals surface area contributed by atoms with E-state index in [4.69, 9.17) is 0 Å². The summed E-state index contributed by atoms with van der Waals surface area (Å²) >= 11 is 1.73. The van der Waals surface area contributed by atoms with E-state index in [-0.39, 0.29) is 23.1 Å². The molecule has 0 radical (unpaired) electrons. The predicted molar refractivity (Wildman–Crippen MR) is 121 cm³/mol. The Labute approximate surface area is 180 Å². The van der Waals surface area contributed by atoms with Crippen LogP contribution in [0.2, 0.25) is 0 Å². The number of hydrogen-bond acceptors (Lipinski definition) is 4. The Balaban J connectivity index is 1.62. The van der Waals surface area contributed by atoms with Gasteiger partial charge in [0.1, 0.15) is 11.5 Å². The van der Waals surface area contributed by atoms with Crippen LogP contribution in [0, 0.1) is 12.3 Å². The number of amides is 1. The number of carbonyl (C=O) groups excluding carboxylic acids is 2. The molecular formula is C23H28N4O2S. The Morgan fingerprint density at radius 2 is 2.03 bits per heavy atom. The van der Waals surface area contributed by atoms with Crippen LogP contribution >= 0.6 is 11.8 Å². The van der Waals surface area contributed by atoms with Crippen molar-refractivity contribution in [2.45, 2.75) is 46.1 Å². The lowest BCUT2D eigenvalue weighted by molar-refractivity contribution is 0.0908. The minimum atomic E-state index is -0.232. The van der Waals surface area contributed by atoms with Crippen LogP contribution in [-0.2, 0) is 6.42 Å². The fourth-order valence-corrected chi connectivity index (χ4v) is 4.81. The van der Waals surface area contributed by atoms with Gasteiger partial charge in [-0.3, -0.25) is 9.59 Å². The number of aromatic amines is 2. The van der Waals surface area contributed by atoms with Crippen LogP contribution in [-0.4, -0.2) is 38.7 Å². The highest BCUT2D eigenvalue weighted by atomic mass is 32.2. The Kier molecular flexibility index (Phi) is 5.49. The molecule has 0 saturated heterocycles. The number of aromatic nitrogens is 3. The summed E-state index contributed by atoms with van der Waals surface area (Å²) in [4.78, 5) is 37.2. The lowest BCUT2D eigenvalue weighted by Gasteiger charge is -2.28. The Bertz CT molecular complexity index is 1080. The van der Waals surface area contributed by atoms with Crippen molar-refractivity contribution in [3.05, 3.63) is 52.6 Å². The molecule has 1 aliphatic carbocycles. The summed E-state index contributed by atoms with van der Waals surface area (Å²) in [6, 6.07) is 7.62. The van der Waals surface area contributed by atoms with Gasteiger partial charge >= 0.3 is 0 Å². The van der Waals surface area contributed by atoms with Crippen LogP contribution in [0.15, 0.2) is 24.3 Å². The normalized spacial score (nSPS) is 16.5. The number of carbonyl (C=O) groups is 2. The highest BCUT2D eigenvalue weighted by Gasteiger charge is 2.35. The number of H-pyrrole nitrogens is 2. The van der Waals surface area contributed by atoms with Crippen molar-refractivity contribution in [3.63, 3.8) is 0 Å². The summed E-state index contributed by atoms with van der Waals surface area (Å²) in [6.07, 6.45) is 4.09. The zero-order valence-corrected chi connectivity index (χ0v) is 18.7. The lowest BCUT2D eigenvalue weighted by atomic mass is 9.75. The number of fused-ring (bicyclic) bond motifs is 2. The number of rotatable bonds is 6. The maximum atomic E-state index is 13.2. The van der Waals surface area contributed by atoms with Gasteiger partial charge in [-0.25, -0.2) is 4.98 Å². The monoisotopic (exact) mass is 424 g/mol. The standard InChI is InChI=1S/C23H28N4O2S/c1-13-19-17(11-23(2,3)12-18(19)28)24-20(13)22(29)27-16(9-10-30-4)21-25-14-7-5-6-8-15(14)26-21/h5-8,16,24H,9-12H2,1-4H3,(H,25,26)(H,27,29)/t16-/m1/s1. The van der Waals surface area contributed by atoms with Gasteiger partial charge in [0, 0.05) is 17.7 Å². The van der Waals surface area contributed by atoms with E-state index in [1.54, 1.807) is 11.8 Å². The molecule has 30 heavy (non-hydrogen) atoms. The summed E-state index contributed by atoms with van der Waals surface area (Å²) in [5, 5.41) is 3.14. The first-order chi connectivity index (χ1) is 14.3. The van der Waals surface area contributed by atoms with Crippen LogP contribution < -0.4 is 5.32 Å². The molecule has 4 rings (SSSR count). The van der Waals surface area contributed by atoms with E-state index < -0.39 is 0 Å². The fraction of sp³-hybridized carbons (Fsp3) is 0.435. The number of benzene rings is 1. The summed E-state index contributed by atoms with van der Waals surface area (Å²) < 4.78 is 0. The maximum Gasteiger partial charge on any atom is 0.268 e. The molecule has 2 aromatic heterocycles. The second-order valence-electron chi connectivity index (χ2n) is 8.87. The average molecular weight is 425 g/mol. The summed E-state index contributed by atoms with van der Waals surface area (Å²) in [5.74, 6) is 1.57. The summed E-state index contributed by atoms with van der Waals surface area (Å²) in [5.41, 5.74) is 4.55. The molecular weight excluding hydrogens is 396 g/mol. The molecule has 1 atom stereocenters. The molecule has 3 aromatic rings. The third-order valence-corrected chi connectivity index (χ3v) is 6.43. The fourth-order valence-electron chi connectivity index (χ4n) is 4.34. The Morgan fingerprint density at radius 1 is 1.27 bits per heavy atom. The highest BCUT2D eigenvalue weighted by molar-refractivity contribution is 7.98. The zero-order chi connectivity index (χ0) is 21.5. The van der Waals surface area contributed by atoms with Gasteiger partial charge in [0.15, 0.2) is 5.78 Å². The molecule has 0 aliphatic heterocycles. The smallest absolute Gasteiger partial charge is 0.268 e. The number of para-hydroxylation sites is 2. The number of nitrogens with one attached hydrogen (secondary N) is 3. The van der Waals surface area contributed by atoms with E-state index in [9.17, 15) is 9.59 Å². The van der Waals surface area contributed by atoms with Crippen molar-refractivity contribution in [1.82, 2.24) is 20.3 Å². The molecule has 7 heteroatoms. The second-order valence-corrected chi connectivity index (χ2v) is 9.85. The quantitative estimate of drug-likeness (QED) is 0.540. The number of hydrogen-bond donors (Lipinski definition) is 3. The van der Waals surface area contributed by atoms with E-state index in [2.05, 4.69) is 34.1 Å². The van der Waals surface area contributed by atoms with Crippen molar-refractivity contribution in [2.24, 2.45) is 5.41 Å². The Hall–Kier alpha value is -2.54. The molecule has 1 aliphatic rings. The topological polar surface area (TPSA) is 90.6 Å². The van der Waals surface area contributed by atoms with Crippen molar-refractivity contribution in [3.8, 4) is 0 Å². The SMILES string of the molecule is CSCC[C@@H](NC(=O)c1[nH]c2c(c1C)C(=O)CC(C)(C)C2)c1nc2ccccc2[nH]1. The highest BCUT2D eigenvalue weighted by Crippen LogP contribution is 2.36. The lowest BCUT2D eigenvalue weighted by Crippen LogP contribution is -2.30. The molecule has 158 valence electrons. The van der Waals surface area contributed by atoms with Gasteiger partial charge < -0.3 is 15.3 Å². The average Bonchev–Trinajstić information content (AvgIpc) is 3.25. The Morgan fingerprint density at radius 3 is 2.77 bits per heavy atom. The third kappa shape index (κ3) is 3.90. The number of nitrogens with zero attached hydrogens (tertiary/aromatic N) is 1. The van der Waals surface area contributed by atoms with Crippen molar-refractivity contribution in [1.29, 1.82) is 0 Å². The summed E-state index contributed by atoms with van der Waals surface area (Å²) in [7, 11) is 0. The van der Waals surface area contributed by atoms with Crippen LogP contribution in [0.4, 0.5) is 0 Å². The largest absolute Gasteiger partial charge is 0.354 e. The van der Waals surface area contributed by atoms with E-state index in [1.165, 1.54) is 0 Å². The van der Waals surface area contributed by atoms with Gasteiger partial charge in [0.25, 0.3) is 5.91 Å². The number of ketones is 1. The minimum Gasteiger partial charge on any atom is -0.354 e. The van der Waals surface area contributed by atoms with Gasteiger partial charge in [0.2, 0.25) is 0 Å². The predicted octanol–water partition coefficient (Wildman–Crippen LogP) is 4.58. The molecule has 1 amide bonds. The molecule has 1 aromatic carbocycles. The second kappa shape index (κ2) is 7.95. The van der Waals surface area contributed by atoms with Gasteiger partial charge in [-0.05, 0) is 54.9 Å². The van der Waals surface area contributed by atoms with E-state index in [0.717, 1.165) is 46.7 Å². The zero-order valence-electron chi connectivity index (χ0n) is 17.9. The molecule has 6 nitrogen and oxygen atoms in total. The summed E-state index contributed by atoms with van der Waals surface area (Å²) in [6.45, 7) is 6.03. The first-order valence-electron chi connectivity index (χ1n) is 10.3. The third-order valence-electron chi connectivity index (χ3n) is 5.78. The number of Topliss-reactive ketones (excluding diaryl/α,β-unsaturated/α-hetero) is 1. The minimum absolute atomic E-state index is 0.0930. The van der Waals surface area contributed by atoms with Crippen molar-refractivity contribution >= 4 is 34.5 Å². The van der Waals surface area contributed by atoms with Crippen LogP contribution in [0.3, 0.4) is 0 Å². The maximum absolute atomic E-state index is 13.2. The van der Waals surface area contributed by atoms with Gasteiger partial charge in [-0.15, -0.1) is 0 Å². The first kappa shape index (κ1) is 20.7. The molecule has 3 N–H and O–H groups in total. The van der Waals surface area contributed by atoms with Crippen LogP contribution in [0.25, 0.3) is 11.0 Å². The van der Waals surface area contributed by atoms with E-state index in [0.29, 0.717) is 17.7 Å². The van der Waals surface area contributed by atoms with Crippen molar-refractivity contribution < 1.29 is 9.59 Å². The van der Waals surface area contributed by atoms with Gasteiger partial charge in [-0.2, -0.15) is 11.8 Å². The molecule has 0 unspecified atom stereocenters. The van der Waals surface area contributed by atoms with Crippen LogP contribution in [0.1, 0.15) is 70.7 Å². The molecule has 0 saturated carbocycles. The number of imidazole rings is 1. The van der Waals surface area contributed by atoms with Crippen molar-refractivity contribution in [2.75, 3.05) is 12.0 Å². The van der Waals surface area contributed by atoms with Crippen LogP contribution in [0.5, 0.6) is 0 Å². The molecule has 2 heterocycles. The molecule has 0 spiro atoms. The van der Waals surface area contributed by atoms with Gasteiger partial charge in [0.05, 0.1) is 17.1 Å². The molecule has 0 fully saturated rings.